The molecule has 0 spiro atoms. The zero-order chi connectivity index (χ0) is 18.4. The Hall–Kier alpha value is -0.860. The predicted molar refractivity (Wildman–Crippen MR) is 94.4 cm³/mol. The summed E-state index contributed by atoms with van der Waals surface area (Å²) in [6.07, 6.45) is -4.16. The van der Waals surface area contributed by atoms with Crippen molar-refractivity contribution in [2.24, 2.45) is 0 Å². The molecule has 0 saturated carbocycles. The molecule has 0 amide bonds. The lowest BCUT2D eigenvalue weighted by Gasteiger charge is -2.38. The highest BCUT2D eigenvalue weighted by Gasteiger charge is 2.47. The third kappa shape index (κ3) is 5.31. The van der Waals surface area contributed by atoms with Crippen molar-refractivity contribution in [1.29, 1.82) is 0 Å². The lowest BCUT2D eigenvalue weighted by atomic mass is 9.95. The summed E-state index contributed by atoms with van der Waals surface area (Å²) in [5.41, 5.74) is 0.819. The summed E-state index contributed by atoms with van der Waals surface area (Å²) in [6, 6.07) is 0. The van der Waals surface area contributed by atoms with E-state index in [0.717, 1.165) is 29.6 Å². The first kappa shape index (κ1) is 20.5. The minimum atomic E-state index is -1.69. The first-order valence-electron chi connectivity index (χ1n) is 8.02. The molecule has 2 heterocycles. The molecule has 11 heteroatoms. The van der Waals surface area contributed by atoms with Gasteiger partial charge in [0.25, 0.3) is 0 Å². The van der Waals surface area contributed by atoms with E-state index in [-0.39, 0.29) is 6.54 Å². The van der Waals surface area contributed by atoms with Gasteiger partial charge in [0, 0.05) is 11.0 Å². The number of carbonyl (C=O) groups is 1. The molecule has 0 radical (unpaired) electrons. The Labute approximate surface area is 158 Å². The molecule has 25 heavy (non-hydrogen) atoms. The second-order valence-electron chi connectivity index (χ2n) is 5.86. The molecule has 5 N–H and O–H groups in total. The molecular formula is C14H23IN4O6. The predicted octanol–water partition coefficient (Wildman–Crippen LogP) is -1.83. The van der Waals surface area contributed by atoms with Crippen molar-refractivity contribution in [2.75, 3.05) is 17.5 Å². The highest BCUT2D eigenvalue weighted by Crippen LogP contribution is 2.23. The zero-order valence-corrected chi connectivity index (χ0v) is 15.7. The Balaban J connectivity index is 1.96. The number of alkyl halides is 1. The standard InChI is InChI=1S/C14H23IN4O6/c15-3-5-16-4-1-2-8-6-17-18-19(8)7-9-10(20)11(21)12(22)13(25-9)14(23)24/h6,9-13,16,20-22H,1-5,7H2,(H,23,24). The smallest absolute Gasteiger partial charge is 0.335 e. The Bertz CT molecular complexity index is 559. The van der Waals surface area contributed by atoms with E-state index in [4.69, 9.17) is 9.84 Å². The number of hydrogen-bond donors (Lipinski definition) is 5. The number of aromatic nitrogens is 3. The van der Waals surface area contributed by atoms with Gasteiger partial charge in [-0.25, -0.2) is 9.48 Å². The van der Waals surface area contributed by atoms with E-state index in [2.05, 4.69) is 38.2 Å². The fourth-order valence-corrected chi connectivity index (χ4v) is 3.07. The van der Waals surface area contributed by atoms with Gasteiger partial charge in [-0.2, -0.15) is 0 Å². The first-order valence-corrected chi connectivity index (χ1v) is 9.54. The quantitative estimate of drug-likeness (QED) is 0.160. The van der Waals surface area contributed by atoms with Gasteiger partial charge in [-0.1, -0.05) is 27.8 Å². The van der Waals surface area contributed by atoms with Crippen molar-refractivity contribution in [2.45, 2.75) is 49.9 Å². The number of halogens is 1. The number of aryl methyl sites for hydroxylation is 1. The van der Waals surface area contributed by atoms with E-state index in [1.807, 2.05) is 0 Å². The van der Waals surface area contributed by atoms with E-state index >= 15 is 0 Å². The maximum Gasteiger partial charge on any atom is 0.335 e. The van der Waals surface area contributed by atoms with Crippen LogP contribution in [-0.2, 0) is 22.5 Å². The van der Waals surface area contributed by atoms with Gasteiger partial charge >= 0.3 is 5.97 Å². The average Bonchev–Trinajstić information content (AvgIpc) is 3.02. The number of ether oxygens (including phenoxy) is 1. The molecule has 0 aromatic carbocycles. The molecule has 142 valence electrons. The van der Waals surface area contributed by atoms with Crippen LogP contribution in [0.3, 0.4) is 0 Å². The number of aliphatic hydroxyl groups excluding tert-OH is 3. The summed E-state index contributed by atoms with van der Waals surface area (Å²) in [5, 5.41) is 49.8. The first-order chi connectivity index (χ1) is 12.0. The van der Waals surface area contributed by atoms with Gasteiger partial charge in [0.1, 0.15) is 24.4 Å². The van der Waals surface area contributed by atoms with Crippen LogP contribution in [0.1, 0.15) is 12.1 Å². The minimum absolute atomic E-state index is 0.0330. The summed E-state index contributed by atoms with van der Waals surface area (Å²) in [5.74, 6) is -1.40. The highest BCUT2D eigenvalue weighted by molar-refractivity contribution is 14.1. The summed E-state index contributed by atoms with van der Waals surface area (Å²) in [4.78, 5) is 11.1. The van der Waals surface area contributed by atoms with Crippen molar-refractivity contribution in [3.63, 3.8) is 0 Å². The van der Waals surface area contributed by atoms with Gasteiger partial charge in [-0.05, 0) is 19.4 Å². The molecule has 1 fully saturated rings. The fraction of sp³-hybridized carbons (Fsp3) is 0.786. The second-order valence-corrected chi connectivity index (χ2v) is 6.93. The molecule has 5 unspecified atom stereocenters. The third-order valence-electron chi connectivity index (χ3n) is 4.06. The molecule has 2 rings (SSSR count). The van der Waals surface area contributed by atoms with Crippen LogP contribution < -0.4 is 5.32 Å². The van der Waals surface area contributed by atoms with Crippen LogP contribution in [0.2, 0.25) is 0 Å². The van der Waals surface area contributed by atoms with Crippen molar-refractivity contribution in [3.8, 4) is 0 Å². The average molecular weight is 470 g/mol. The summed E-state index contributed by atoms with van der Waals surface area (Å²) in [7, 11) is 0. The molecule has 5 atom stereocenters. The number of aliphatic hydroxyl groups is 3. The van der Waals surface area contributed by atoms with Crippen LogP contribution >= 0.6 is 22.6 Å². The van der Waals surface area contributed by atoms with Gasteiger partial charge in [0.2, 0.25) is 0 Å². The van der Waals surface area contributed by atoms with Gasteiger partial charge in [0.05, 0.1) is 18.4 Å². The number of hydrogen-bond acceptors (Lipinski definition) is 8. The number of carboxylic acids is 1. The topological polar surface area (TPSA) is 150 Å². The summed E-state index contributed by atoms with van der Waals surface area (Å²) >= 11 is 2.29. The van der Waals surface area contributed by atoms with Gasteiger partial charge < -0.3 is 30.5 Å². The maximum atomic E-state index is 11.1. The Morgan fingerprint density at radius 2 is 2.04 bits per heavy atom. The second kappa shape index (κ2) is 9.73. The zero-order valence-electron chi connectivity index (χ0n) is 13.5. The van der Waals surface area contributed by atoms with Crippen LogP contribution in [0.4, 0.5) is 0 Å². The molecule has 1 aliphatic rings. The third-order valence-corrected chi connectivity index (χ3v) is 4.60. The molecule has 1 aromatic rings. The molecular weight excluding hydrogens is 447 g/mol. The van der Waals surface area contributed by atoms with Crippen LogP contribution in [0.25, 0.3) is 0 Å². The summed E-state index contributed by atoms with van der Waals surface area (Å²) in [6.45, 7) is 1.82. The van der Waals surface area contributed by atoms with E-state index in [0.29, 0.717) is 6.42 Å². The van der Waals surface area contributed by atoms with E-state index < -0.39 is 36.5 Å². The monoisotopic (exact) mass is 470 g/mol. The Morgan fingerprint density at radius 3 is 2.72 bits per heavy atom. The van der Waals surface area contributed by atoms with Gasteiger partial charge in [0.15, 0.2) is 6.10 Å². The molecule has 1 saturated heterocycles. The van der Waals surface area contributed by atoms with Crippen molar-refractivity contribution >= 4 is 28.6 Å². The molecule has 10 nitrogen and oxygen atoms in total. The Kier molecular flexibility index (Phi) is 7.96. The number of nitrogens with one attached hydrogen (secondary N) is 1. The number of aliphatic carboxylic acids is 1. The van der Waals surface area contributed by atoms with E-state index in [1.54, 1.807) is 6.20 Å². The summed E-state index contributed by atoms with van der Waals surface area (Å²) < 4.78 is 7.83. The van der Waals surface area contributed by atoms with Gasteiger partial charge in [-0.3, -0.25) is 0 Å². The molecule has 0 aliphatic carbocycles. The highest BCUT2D eigenvalue weighted by atomic mass is 127. The molecule has 1 aromatic heterocycles. The molecule has 1 aliphatic heterocycles. The fourth-order valence-electron chi connectivity index (χ4n) is 2.69. The van der Waals surface area contributed by atoms with E-state index in [1.165, 1.54) is 4.68 Å². The SMILES string of the molecule is O=C(O)C1OC(Cn2nncc2CCCNCCI)C(O)C(O)C1O. The number of rotatable bonds is 9. The number of nitrogens with zero attached hydrogens (tertiary/aromatic N) is 3. The maximum absolute atomic E-state index is 11.1. The van der Waals surface area contributed by atoms with Crippen molar-refractivity contribution < 1.29 is 30.0 Å². The largest absolute Gasteiger partial charge is 0.479 e. The van der Waals surface area contributed by atoms with Crippen LogP contribution in [-0.4, -0.2) is 89.4 Å². The van der Waals surface area contributed by atoms with Crippen LogP contribution in [0, 0.1) is 0 Å². The van der Waals surface area contributed by atoms with E-state index in [9.17, 15) is 20.1 Å². The Morgan fingerprint density at radius 1 is 1.28 bits per heavy atom. The lowest BCUT2D eigenvalue weighted by molar-refractivity contribution is -0.230. The normalized spacial score (nSPS) is 29.7. The minimum Gasteiger partial charge on any atom is -0.479 e. The molecule has 0 bridgehead atoms. The van der Waals surface area contributed by atoms with Crippen molar-refractivity contribution in [3.05, 3.63) is 11.9 Å². The van der Waals surface area contributed by atoms with Crippen LogP contribution in [0.15, 0.2) is 6.20 Å². The lowest BCUT2D eigenvalue weighted by Crippen LogP contribution is -2.60. The van der Waals surface area contributed by atoms with Gasteiger partial charge in [-0.15, -0.1) is 5.10 Å². The van der Waals surface area contributed by atoms with Crippen molar-refractivity contribution in [1.82, 2.24) is 20.3 Å². The number of carboxylic acid groups (broad SMARTS) is 1. The van der Waals surface area contributed by atoms with Crippen LogP contribution in [0.5, 0.6) is 0 Å².